The fraction of sp³-hybridized carbons (Fsp3) is 0.269. The van der Waals surface area contributed by atoms with Crippen molar-refractivity contribution in [1.29, 1.82) is 0 Å². The summed E-state index contributed by atoms with van der Waals surface area (Å²) in [6.07, 6.45) is 6.48. The lowest BCUT2D eigenvalue weighted by Gasteiger charge is -2.30. The fourth-order valence-electron chi connectivity index (χ4n) is 4.15. The minimum atomic E-state index is -0.538. The number of aromatic nitrogens is 2. The normalized spacial score (nSPS) is 13.9. The Morgan fingerprint density at radius 3 is 2.56 bits per heavy atom. The number of carbonyl (C=O) groups excluding carboxylic acids is 2. The van der Waals surface area contributed by atoms with Crippen LogP contribution in [0.3, 0.4) is 0 Å². The first-order valence-corrected chi connectivity index (χ1v) is 11.7. The van der Waals surface area contributed by atoms with Gasteiger partial charge in [-0.3, -0.25) is 9.59 Å². The third kappa shape index (κ3) is 5.48. The first kappa shape index (κ1) is 23.6. The molecule has 0 saturated carbocycles. The van der Waals surface area contributed by atoms with E-state index in [4.69, 9.17) is 17.3 Å². The number of hydrogen-bond donors (Lipinski definition) is 2. The van der Waals surface area contributed by atoms with Gasteiger partial charge in [-0.05, 0) is 56.0 Å². The molecule has 7 nitrogen and oxygen atoms in total. The van der Waals surface area contributed by atoms with Crippen LogP contribution in [0, 0.1) is 6.92 Å². The van der Waals surface area contributed by atoms with E-state index in [1.54, 1.807) is 22.9 Å². The molecule has 1 saturated heterocycles. The van der Waals surface area contributed by atoms with Crippen LogP contribution in [0.4, 0.5) is 11.4 Å². The molecular formula is C26H28ClN5O2. The van der Waals surface area contributed by atoms with Gasteiger partial charge in [-0.15, -0.1) is 0 Å². The van der Waals surface area contributed by atoms with Crippen molar-refractivity contribution in [2.24, 2.45) is 5.73 Å². The fourth-order valence-corrected chi connectivity index (χ4v) is 4.45. The number of halogens is 1. The Bertz CT molecular complexity index is 1210. The highest BCUT2D eigenvalue weighted by molar-refractivity contribution is 6.31. The Morgan fingerprint density at radius 2 is 1.85 bits per heavy atom. The molecule has 2 heterocycles. The van der Waals surface area contributed by atoms with Crippen molar-refractivity contribution in [1.82, 2.24) is 9.78 Å². The molecule has 0 atom stereocenters. The number of primary amides is 1. The van der Waals surface area contributed by atoms with Gasteiger partial charge < -0.3 is 16.0 Å². The molecule has 2 amide bonds. The van der Waals surface area contributed by atoms with Crippen molar-refractivity contribution in [2.75, 3.05) is 23.3 Å². The second-order valence-corrected chi connectivity index (χ2v) is 8.76. The molecule has 0 radical (unpaired) electrons. The van der Waals surface area contributed by atoms with Gasteiger partial charge in [0.05, 0.1) is 23.6 Å². The average molecular weight is 478 g/mol. The van der Waals surface area contributed by atoms with E-state index >= 15 is 0 Å². The third-order valence-corrected chi connectivity index (χ3v) is 6.32. The van der Waals surface area contributed by atoms with Gasteiger partial charge >= 0.3 is 0 Å². The summed E-state index contributed by atoms with van der Waals surface area (Å²) in [5, 5.41) is 7.90. The number of benzene rings is 2. The largest absolute Gasteiger partial charge is 0.370 e. The van der Waals surface area contributed by atoms with Gasteiger partial charge in [-0.1, -0.05) is 41.9 Å². The average Bonchev–Trinajstić information content (AvgIpc) is 3.10. The van der Waals surface area contributed by atoms with Gasteiger partial charge in [0.15, 0.2) is 0 Å². The number of anilines is 2. The lowest BCUT2D eigenvalue weighted by atomic mass is 10.1. The Balaban J connectivity index is 1.53. The number of nitrogens with one attached hydrogen (secondary N) is 1. The summed E-state index contributed by atoms with van der Waals surface area (Å²) in [5.74, 6) is -0.865. The standard InChI is InChI=1S/C26H28ClN5O2/c1-18-21(25(27)32(30-18)17-19-8-4-2-5-9-19)11-13-24(33)29-22-16-20(26(28)34)10-12-23(22)31-14-6-3-7-15-31/h2,4-5,8-13,16H,3,6-7,14-15,17H2,1H3,(H2,28,34)(H,29,33)/b13-11+. The van der Waals surface area contributed by atoms with Gasteiger partial charge in [-0.2, -0.15) is 5.10 Å². The van der Waals surface area contributed by atoms with Gasteiger partial charge in [0, 0.05) is 30.3 Å². The summed E-state index contributed by atoms with van der Waals surface area (Å²) in [6.45, 7) is 4.21. The summed E-state index contributed by atoms with van der Waals surface area (Å²) in [5.41, 5.74) is 9.77. The molecule has 3 aromatic rings. The molecule has 0 aliphatic carbocycles. The van der Waals surface area contributed by atoms with Gasteiger partial charge in [-0.25, -0.2) is 4.68 Å². The smallest absolute Gasteiger partial charge is 0.248 e. The Hall–Kier alpha value is -3.58. The number of carbonyl (C=O) groups is 2. The molecule has 2 aromatic carbocycles. The van der Waals surface area contributed by atoms with Crippen molar-refractivity contribution in [3.63, 3.8) is 0 Å². The van der Waals surface area contributed by atoms with Crippen molar-refractivity contribution >= 4 is 40.9 Å². The van der Waals surface area contributed by atoms with Crippen molar-refractivity contribution in [3.8, 4) is 0 Å². The van der Waals surface area contributed by atoms with Crippen LogP contribution in [-0.4, -0.2) is 34.7 Å². The molecule has 3 N–H and O–H groups in total. The van der Waals surface area contributed by atoms with E-state index in [-0.39, 0.29) is 5.91 Å². The number of nitrogens with two attached hydrogens (primary N) is 1. The first-order valence-electron chi connectivity index (χ1n) is 11.4. The molecule has 34 heavy (non-hydrogen) atoms. The maximum absolute atomic E-state index is 12.8. The highest BCUT2D eigenvalue weighted by Crippen LogP contribution is 2.30. The minimum Gasteiger partial charge on any atom is -0.370 e. The predicted octanol–water partition coefficient (Wildman–Crippen LogP) is 4.63. The van der Waals surface area contributed by atoms with E-state index in [2.05, 4.69) is 15.3 Å². The maximum Gasteiger partial charge on any atom is 0.248 e. The lowest BCUT2D eigenvalue weighted by Crippen LogP contribution is -2.30. The molecule has 0 unspecified atom stereocenters. The van der Waals surface area contributed by atoms with E-state index < -0.39 is 5.91 Å². The highest BCUT2D eigenvalue weighted by atomic mass is 35.5. The minimum absolute atomic E-state index is 0.328. The van der Waals surface area contributed by atoms with E-state index in [0.29, 0.717) is 28.5 Å². The van der Waals surface area contributed by atoms with Crippen LogP contribution in [0.1, 0.15) is 46.4 Å². The van der Waals surface area contributed by atoms with Crippen LogP contribution in [0.15, 0.2) is 54.6 Å². The molecule has 8 heteroatoms. The molecule has 1 aromatic heterocycles. The summed E-state index contributed by atoms with van der Waals surface area (Å²) in [4.78, 5) is 26.7. The molecule has 0 bridgehead atoms. The Kier molecular flexibility index (Phi) is 7.33. The van der Waals surface area contributed by atoms with E-state index in [0.717, 1.165) is 42.9 Å². The summed E-state index contributed by atoms with van der Waals surface area (Å²) < 4.78 is 1.72. The quantitative estimate of drug-likeness (QED) is 0.485. The zero-order chi connectivity index (χ0) is 24.1. The number of piperidine rings is 1. The van der Waals surface area contributed by atoms with Crippen molar-refractivity contribution in [3.05, 3.63) is 82.1 Å². The molecular weight excluding hydrogens is 450 g/mol. The molecule has 0 spiro atoms. The molecule has 176 valence electrons. The zero-order valence-electron chi connectivity index (χ0n) is 19.1. The molecule has 1 fully saturated rings. The number of nitrogens with zero attached hydrogens (tertiary/aromatic N) is 3. The maximum atomic E-state index is 12.8. The predicted molar refractivity (Wildman–Crippen MR) is 136 cm³/mol. The number of aryl methyl sites for hydroxylation is 1. The van der Waals surface area contributed by atoms with E-state index in [1.165, 1.54) is 12.5 Å². The van der Waals surface area contributed by atoms with Gasteiger partial charge in [0.25, 0.3) is 0 Å². The SMILES string of the molecule is Cc1nn(Cc2ccccc2)c(Cl)c1/C=C/C(=O)Nc1cc(C(N)=O)ccc1N1CCCCC1. The number of hydrogen-bond acceptors (Lipinski definition) is 4. The second-order valence-electron chi connectivity index (χ2n) is 8.40. The Labute approximate surface area is 204 Å². The van der Waals surface area contributed by atoms with Crippen LogP contribution in [0.5, 0.6) is 0 Å². The van der Waals surface area contributed by atoms with Crippen LogP contribution >= 0.6 is 11.6 Å². The lowest BCUT2D eigenvalue weighted by molar-refractivity contribution is -0.111. The third-order valence-electron chi connectivity index (χ3n) is 5.92. The first-order chi connectivity index (χ1) is 16.4. The summed E-state index contributed by atoms with van der Waals surface area (Å²) in [7, 11) is 0. The van der Waals surface area contributed by atoms with Crippen LogP contribution in [0.2, 0.25) is 5.15 Å². The van der Waals surface area contributed by atoms with Crippen molar-refractivity contribution in [2.45, 2.75) is 32.7 Å². The number of rotatable bonds is 7. The number of amides is 2. The van der Waals surface area contributed by atoms with Gasteiger partial charge in [0.2, 0.25) is 11.8 Å². The van der Waals surface area contributed by atoms with Crippen LogP contribution in [-0.2, 0) is 11.3 Å². The Morgan fingerprint density at radius 1 is 1.12 bits per heavy atom. The van der Waals surface area contributed by atoms with E-state index in [9.17, 15) is 9.59 Å². The zero-order valence-corrected chi connectivity index (χ0v) is 19.9. The second kappa shape index (κ2) is 10.6. The van der Waals surface area contributed by atoms with Crippen LogP contribution < -0.4 is 16.0 Å². The van der Waals surface area contributed by atoms with Crippen LogP contribution in [0.25, 0.3) is 6.08 Å². The van der Waals surface area contributed by atoms with Crippen molar-refractivity contribution < 1.29 is 9.59 Å². The molecule has 1 aliphatic rings. The summed E-state index contributed by atoms with van der Waals surface area (Å²) >= 11 is 6.57. The molecule has 4 rings (SSSR count). The van der Waals surface area contributed by atoms with Gasteiger partial charge in [0.1, 0.15) is 5.15 Å². The topological polar surface area (TPSA) is 93.2 Å². The molecule has 1 aliphatic heterocycles. The monoisotopic (exact) mass is 477 g/mol. The van der Waals surface area contributed by atoms with E-state index in [1.807, 2.05) is 43.3 Å². The highest BCUT2D eigenvalue weighted by Gasteiger charge is 2.17. The summed E-state index contributed by atoms with van der Waals surface area (Å²) in [6, 6.07) is 15.1.